The molecule has 0 amide bonds. The van der Waals surface area contributed by atoms with Crippen molar-refractivity contribution in [3.63, 3.8) is 0 Å². The van der Waals surface area contributed by atoms with Crippen molar-refractivity contribution < 1.29 is 14.6 Å². The van der Waals surface area contributed by atoms with E-state index in [9.17, 15) is 9.67 Å². The summed E-state index contributed by atoms with van der Waals surface area (Å²) in [6.07, 6.45) is 5.75. The minimum absolute atomic E-state index is 0.0257. The van der Waals surface area contributed by atoms with Crippen LogP contribution in [0.4, 0.5) is 0 Å². The van der Waals surface area contributed by atoms with Gasteiger partial charge in [0.1, 0.15) is 6.23 Å². The lowest BCUT2D eigenvalue weighted by molar-refractivity contribution is 0.102. The van der Waals surface area contributed by atoms with Crippen LogP contribution in [0.3, 0.4) is 0 Å². The van der Waals surface area contributed by atoms with Crippen LogP contribution in [0.2, 0.25) is 10.0 Å². The van der Waals surface area contributed by atoms with Crippen LogP contribution < -0.4 is 5.32 Å². The van der Waals surface area contributed by atoms with Crippen molar-refractivity contribution in [1.29, 1.82) is 0 Å². The number of aliphatic hydroxyl groups is 1. The van der Waals surface area contributed by atoms with Gasteiger partial charge < -0.3 is 5.11 Å². The third-order valence-electron chi connectivity index (χ3n) is 5.04. The third kappa shape index (κ3) is 7.13. The predicted octanol–water partition coefficient (Wildman–Crippen LogP) is 5.28. The van der Waals surface area contributed by atoms with Crippen LogP contribution in [0.15, 0.2) is 18.2 Å². The molecule has 140 valence electrons. The Labute approximate surface area is 160 Å². The van der Waals surface area contributed by atoms with Crippen LogP contribution in [0.1, 0.15) is 57.1 Å². The molecule has 0 radical (unpaired) electrons. The standard InChI is InChI=1S/C18H26Cl2NO3P/c1-12(15-6-7-16(19)17(20)10-15)21-18(22)8-5-13-3-2-4-14(9-13)11-25(23)24/h6-7,10,12-14,18,21-22H,2-5,8-9,11H2,1H3/p+1/t12-,13?,14?,18?/m0/s1. The second kappa shape index (κ2) is 10.2. The fraction of sp³-hybridized carbons (Fsp3) is 0.667. The number of hydrogen-bond acceptors (Lipinski definition) is 3. The summed E-state index contributed by atoms with van der Waals surface area (Å²) in [4.78, 5) is 9.09. The minimum Gasteiger partial charge on any atom is -0.379 e. The molecule has 1 aliphatic carbocycles. The van der Waals surface area contributed by atoms with Gasteiger partial charge in [-0.2, -0.15) is 4.89 Å². The number of aliphatic hydroxyl groups excluding tert-OH is 1. The molecule has 25 heavy (non-hydrogen) atoms. The summed E-state index contributed by atoms with van der Waals surface area (Å²) in [5.74, 6) is 0.887. The molecule has 4 unspecified atom stereocenters. The molecule has 2 rings (SSSR count). The summed E-state index contributed by atoms with van der Waals surface area (Å²) in [6.45, 7) is 1.98. The molecule has 5 atom stereocenters. The first-order valence-electron chi connectivity index (χ1n) is 8.87. The minimum atomic E-state index is -2.04. The van der Waals surface area contributed by atoms with Crippen LogP contribution >= 0.6 is 31.2 Å². The Morgan fingerprint density at radius 2 is 2.00 bits per heavy atom. The molecule has 0 spiro atoms. The largest absolute Gasteiger partial charge is 0.505 e. The smallest absolute Gasteiger partial charge is 0.379 e. The first kappa shape index (κ1) is 21.1. The van der Waals surface area contributed by atoms with Crippen molar-refractivity contribution >= 4 is 31.2 Å². The summed E-state index contributed by atoms with van der Waals surface area (Å²) < 4.78 is 11.0. The van der Waals surface area contributed by atoms with Gasteiger partial charge in [-0.3, -0.25) is 5.32 Å². The maximum absolute atomic E-state index is 11.0. The summed E-state index contributed by atoms with van der Waals surface area (Å²) in [6, 6.07) is 5.45. The van der Waals surface area contributed by atoms with Crippen molar-refractivity contribution in [2.24, 2.45) is 11.8 Å². The first-order chi connectivity index (χ1) is 11.8. The maximum atomic E-state index is 11.0. The van der Waals surface area contributed by atoms with E-state index >= 15 is 0 Å². The number of hydrogen-bond donors (Lipinski definition) is 3. The molecule has 3 N–H and O–H groups in total. The van der Waals surface area contributed by atoms with Crippen LogP contribution in [0.25, 0.3) is 0 Å². The van der Waals surface area contributed by atoms with Crippen LogP contribution in [0.5, 0.6) is 0 Å². The van der Waals surface area contributed by atoms with Gasteiger partial charge in [-0.25, -0.2) is 0 Å². The number of benzene rings is 1. The summed E-state index contributed by atoms with van der Waals surface area (Å²) in [7, 11) is -2.04. The van der Waals surface area contributed by atoms with E-state index in [1.807, 2.05) is 19.1 Å². The fourth-order valence-corrected chi connectivity index (χ4v) is 4.77. The number of rotatable bonds is 8. The Hall–Kier alpha value is -0.220. The Morgan fingerprint density at radius 1 is 1.28 bits per heavy atom. The van der Waals surface area contributed by atoms with E-state index in [-0.39, 0.29) is 6.04 Å². The third-order valence-corrected chi connectivity index (χ3v) is 6.61. The Morgan fingerprint density at radius 3 is 2.68 bits per heavy atom. The molecule has 0 bridgehead atoms. The fourth-order valence-electron chi connectivity index (χ4n) is 3.69. The lowest BCUT2D eigenvalue weighted by Crippen LogP contribution is -2.32. The van der Waals surface area contributed by atoms with Gasteiger partial charge in [0, 0.05) is 12.0 Å². The van der Waals surface area contributed by atoms with Gasteiger partial charge in [0.25, 0.3) is 0 Å². The molecule has 1 fully saturated rings. The lowest BCUT2D eigenvalue weighted by Gasteiger charge is -2.28. The van der Waals surface area contributed by atoms with Crippen molar-refractivity contribution in [2.75, 3.05) is 6.16 Å². The summed E-state index contributed by atoms with van der Waals surface area (Å²) in [5, 5.41) is 14.5. The SMILES string of the molecule is C[C@H](NC(O)CCC1CCCC(C[P+](=O)O)C1)c1ccc(Cl)c(Cl)c1. The molecular formula is C18H27Cl2NO3P+. The van der Waals surface area contributed by atoms with Gasteiger partial charge in [-0.1, -0.05) is 42.1 Å². The second-order valence-corrected chi connectivity index (χ2v) is 8.97. The molecule has 1 aromatic rings. The zero-order valence-electron chi connectivity index (χ0n) is 14.5. The summed E-state index contributed by atoms with van der Waals surface area (Å²) >= 11 is 12.0. The quantitative estimate of drug-likeness (QED) is 0.405. The van der Waals surface area contributed by atoms with Gasteiger partial charge in [0.05, 0.1) is 10.0 Å². The molecule has 0 heterocycles. The summed E-state index contributed by atoms with van der Waals surface area (Å²) in [5.41, 5.74) is 0.984. The number of nitrogens with one attached hydrogen (secondary N) is 1. The van der Waals surface area contributed by atoms with E-state index in [1.165, 1.54) is 0 Å². The van der Waals surface area contributed by atoms with E-state index in [4.69, 9.17) is 28.1 Å². The van der Waals surface area contributed by atoms with Crippen molar-refractivity contribution in [3.8, 4) is 0 Å². The van der Waals surface area contributed by atoms with E-state index in [2.05, 4.69) is 5.32 Å². The maximum Gasteiger partial charge on any atom is 0.505 e. The first-order valence-corrected chi connectivity index (χ1v) is 11.0. The molecule has 1 aliphatic rings. The Bertz CT molecular complexity index is 587. The van der Waals surface area contributed by atoms with Crippen LogP contribution in [-0.4, -0.2) is 22.4 Å². The van der Waals surface area contributed by atoms with Gasteiger partial charge >= 0.3 is 8.03 Å². The second-order valence-electron chi connectivity index (χ2n) is 7.09. The zero-order valence-corrected chi connectivity index (χ0v) is 16.9. The average Bonchev–Trinajstić information content (AvgIpc) is 2.55. The average molecular weight is 407 g/mol. The highest BCUT2D eigenvalue weighted by atomic mass is 35.5. The highest BCUT2D eigenvalue weighted by molar-refractivity contribution is 7.38. The highest BCUT2D eigenvalue weighted by Crippen LogP contribution is 2.36. The number of halogens is 2. The van der Waals surface area contributed by atoms with Crippen molar-refractivity contribution in [2.45, 2.75) is 57.7 Å². The normalized spacial score (nSPS) is 24.0. The molecule has 0 aromatic heterocycles. The van der Waals surface area contributed by atoms with Crippen molar-refractivity contribution in [1.82, 2.24) is 5.32 Å². The van der Waals surface area contributed by atoms with E-state index in [0.29, 0.717) is 34.5 Å². The lowest BCUT2D eigenvalue weighted by atomic mass is 9.80. The van der Waals surface area contributed by atoms with Gasteiger partial charge in [-0.05, 0) is 60.8 Å². The molecular weight excluding hydrogens is 380 g/mol. The topological polar surface area (TPSA) is 69.6 Å². The molecule has 0 aliphatic heterocycles. The van der Waals surface area contributed by atoms with Crippen molar-refractivity contribution in [3.05, 3.63) is 33.8 Å². The monoisotopic (exact) mass is 406 g/mol. The van der Waals surface area contributed by atoms with E-state index in [1.54, 1.807) is 6.07 Å². The van der Waals surface area contributed by atoms with Gasteiger partial charge in [0.2, 0.25) is 0 Å². The van der Waals surface area contributed by atoms with Gasteiger partial charge in [0.15, 0.2) is 6.16 Å². The molecule has 1 saturated carbocycles. The van der Waals surface area contributed by atoms with Crippen LogP contribution in [-0.2, 0) is 4.57 Å². The molecule has 0 saturated heterocycles. The molecule has 4 nitrogen and oxygen atoms in total. The zero-order chi connectivity index (χ0) is 18.4. The highest BCUT2D eigenvalue weighted by Gasteiger charge is 2.28. The van der Waals surface area contributed by atoms with E-state index in [0.717, 1.165) is 37.7 Å². The van der Waals surface area contributed by atoms with Gasteiger partial charge in [-0.15, -0.1) is 0 Å². The predicted molar refractivity (Wildman–Crippen MR) is 103 cm³/mol. The Balaban J connectivity index is 1.76. The van der Waals surface area contributed by atoms with E-state index < -0.39 is 14.3 Å². The molecule has 1 aromatic carbocycles. The van der Waals surface area contributed by atoms with Crippen LogP contribution in [0, 0.1) is 11.8 Å². The Kier molecular flexibility index (Phi) is 8.60. The molecule has 7 heteroatoms.